The smallest absolute Gasteiger partial charge is 0.132 e. The van der Waals surface area contributed by atoms with E-state index in [9.17, 15) is 5.11 Å². The third-order valence-electron chi connectivity index (χ3n) is 2.67. The molecule has 4 unspecified atom stereocenters. The van der Waals surface area contributed by atoms with Crippen molar-refractivity contribution in [3.8, 4) is 0 Å². The Balaban J connectivity index is 2.67. The van der Waals surface area contributed by atoms with Crippen molar-refractivity contribution >= 4 is 5.71 Å². The number of hydrogen-bond donors (Lipinski definition) is 1. The normalized spacial score (nSPS) is 31.8. The predicted octanol–water partition coefficient (Wildman–Crippen LogP) is 1.58. The molecule has 0 bridgehead atoms. The van der Waals surface area contributed by atoms with Crippen LogP contribution in [0.4, 0.5) is 0 Å². The van der Waals surface area contributed by atoms with Gasteiger partial charge in [0.1, 0.15) is 12.2 Å². The second kappa shape index (κ2) is 3.92. The zero-order chi connectivity index (χ0) is 10.0. The number of hydrogen-bond acceptors (Lipinski definition) is 3. The monoisotopic (exact) mass is 183 g/mol. The molecule has 4 atom stereocenters. The van der Waals surface area contributed by atoms with Crippen molar-refractivity contribution in [3.05, 3.63) is 12.7 Å². The molecule has 13 heavy (non-hydrogen) atoms. The van der Waals surface area contributed by atoms with Crippen LogP contribution < -0.4 is 0 Å². The molecule has 3 nitrogen and oxygen atoms in total. The Morgan fingerprint density at radius 1 is 1.62 bits per heavy atom. The van der Waals surface area contributed by atoms with E-state index in [-0.39, 0.29) is 17.9 Å². The van der Waals surface area contributed by atoms with Gasteiger partial charge in [0.25, 0.3) is 0 Å². The number of rotatable bonds is 3. The molecule has 0 aromatic heterocycles. The number of aliphatic hydroxyl groups excluding tert-OH is 1. The van der Waals surface area contributed by atoms with E-state index in [1.54, 1.807) is 6.08 Å². The highest BCUT2D eigenvalue weighted by Gasteiger charge is 2.32. The fourth-order valence-corrected chi connectivity index (χ4v) is 1.28. The molecule has 0 radical (unpaired) electrons. The van der Waals surface area contributed by atoms with Crippen molar-refractivity contribution < 1.29 is 9.94 Å². The van der Waals surface area contributed by atoms with Crippen LogP contribution in [0.5, 0.6) is 0 Å². The first kappa shape index (κ1) is 10.3. The molecule has 1 aliphatic rings. The van der Waals surface area contributed by atoms with Crippen molar-refractivity contribution in [1.29, 1.82) is 0 Å². The first-order valence-corrected chi connectivity index (χ1v) is 4.62. The van der Waals surface area contributed by atoms with Gasteiger partial charge >= 0.3 is 0 Å². The molecule has 0 saturated carbocycles. The first-order chi connectivity index (χ1) is 6.07. The largest absolute Gasteiger partial charge is 0.392 e. The summed E-state index contributed by atoms with van der Waals surface area (Å²) in [6.07, 6.45) is 1.24. The van der Waals surface area contributed by atoms with Crippen LogP contribution in [0, 0.1) is 11.8 Å². The lowest BCUT2D eigenvalue weighted by Gasteiger charge is -2.17. The van der Waals surface area contributed by atoms with Gasteiger partial charge in [0.2, 0.25) is 0 Å². The summed E-state index contributed by atoms with van der Waals surface area (Å²) in [7, 11) is 0. The van der Waals surface area contributed by atoms with E-state index in [1.807, 2.05) is 20.8 Å². The highest BCUT2D eigenvalue weighted by molar-refractivity contribution is 5.91. The van der Waals surface area contributed by atoms with E-state index >= 15 is 0 Å². The van der Waals surface area contributed by atoms with E-state index in [4.69, 9.17) is 4.84 Å². The van der Waals surface area contributed by atoms with Crippen molar-refractivity contribution in [2.45, 2.75) is 33.0 Å². The third kappa shape index (κ3) is 1.91. The van der Waals surface area contributed by atoms with Gasteiger partial charge < -0.3 is 9.94 Å². The molecule has 0 saturated heterocycles. The summed E-state index contributed by atoms with van der Waals surface area (Å²) in [6.45, 7) is 9.51. The van der Waals surface area contributed by atoms with Crippen molar-refractivity contribution in [3.63, 3.8) is 0 Å². The maximum absolute atomic E-state index is 9.82. The summed E-state index contributed by atoms with van der Waals surface area (Å²) < 4.78 is 0. The summed E-state index contributed by atoms with van der Waals surface area (Å²) in [6, 6.07) is 0. The zero-order valence-corrected chi connectivity index (χ0v) is 8.40. The van der Waals surface area contributed by atoms with Crippen LogP contribution in [0.2, 0.25) is 0 Å². The van der Waals surface area contributed by atoms with Crippen LogP contribution >= 0.6 is 0 Å². The van der Waals surface area contributed by atoms with Gasteiger partial charge in [-0.3, -0.25) is 0 Å². The third-order valence-corrected chi connectivity index (χ3v) is 2.67. The van der Waals surface area contributed by atoms with E-state index in [2.05, 4.69) is 11.7 Å². The van der Waals surface area contributed by atoms with Gasteiger partial charge in [-0.2, -0.15) is 0 Å². The zero-order valence-electron chi connectivity index (χ0n) is 8.40. The number of aliphatic hydroxyl groups is 1. The van der Waals surface area contributed by atoms with Crippen LogP contribution in [0.1, 0.15) is 20.8 Å². The van der Waals surface area contributed by atoms with Crippen LogP contribution in [-0.4, -0.2) is 23.0 Å². The van der Waals surface area contributed by atoms with Crippen molar-refractivity contribution in [2.24, 2.45) is 17.0 Å². The summed E-state index contributed by atoms with van der Waals surface area (Å²) in [5.74, 6) is 0.215. The average molecular weight is 183 g/mol. The van der Waals surface area contributed by atoms with Crippen LogP contribution in [-0.2, 0) is 4.84 Å². The molecule has 0 spiro atoms. The van der Waals surface area contributed by atoms with Crippen LogP contribution in [0.15, 0.2) is 17.8 Å². The van der Waals surface area contributed by atoms with Gasteiger partial charge in [-0.25, -0.2) is 0 Å². The Hall–Kier alpha value is -0.830. The minimum atomic E-state index is -0.558. The van der Waals surface area contributed by atoms with Gasteiger partial charge in [-0.1, -0.05) is 25.1 Å². The Labute approximate surface area is 79.1 Å². The Morgan fingerprint density at radius 2 is 2.23 bits per heavy atom. The predicted molar refractivity (Wildman–Crippen MR) is 52.5 cm³/mol. The molecule has 0 aliphatic carbocycles. The van der Waals surface area contributed by atoms with Crippen molar-refractivity contribution in [2.75, 3.05) is 0 Å². The molecular weight excluding hydrogens is 166 g/mol. The second-order valence-corrected chi connectivity index (χ2v) is 3.66. The topological polar surface area (TPSA) is 41.8 Å². The Kier molecular flexibility index (Phi) is 3.09. The van der Waals surface area contributed by atoms with E-state index in [1.165, 1.54) is 0 Å². The maximum atomic E-state index is 9.82. The summed E-state index contributed by atoms with van der Waals surface area (Å²) in [5.41, 5.74) is 0.736. The lowest BCUT2D eigenvalue weighted by Crippen LogP contribution is -2.32. The summed E-state index contributed by atoms with van der Waals surface area (Å²) >= 11 is 0. The minimum absolute atomic E-state index is 0.0232. The van der Waals surface area contributed by atoms with Gasteiger partial charge in [-0.05, 0) is 6.92 Å². The molecule has 1 rings (SSSR count). The van der Waals surface area contributed by atoms with E-state index in [0.717, 1.165) is 5.71 Å². The van der Waals surface area contributed by atoms with Gasteiger partial charge in [-0.15, -0.1) is 6.58 Å². The second-order valence-electron chi connectivity index (χ2n) is 3.66. The van der Waals surface area contributed by atoms with E-state index in [0.29, 0.717) is 0 Å². The molecule has 1 aliphatic heterocycles. The molecule has 74 valence electrons. The van der Waals surface area contributed by atoms with Crippen LogP contribution in [0.25, 0.3) is 0 Å². The SMILES string of the molecule is C=CC(C)C(O)C1=NOC(C)C1C. The molecule has 1 N–H and O–H groups in total. The highest BCUT2D eigenvalue weighted by Crippen LogP contribution is 2.22. The Morgan fingerprint density at radius 3 is 2.62 bits per heavy atom. The fourth-order valence-electron chi connectivity index (χ4n) is 1.28. The quantitative estimate of drug-likeness (QED) is 0.675. The molecule has 3 heteroatoms. The molecular formula is C10H17NO2. The number of oxime groups is 1. The molecule has 0 fully saturated rings. The molecule has 0 aromatic carbocycles. The maximum Gasteiger partial charge on any atom is 0.132 e. The standard InChI is InChI=1S/C10H17NO2/c1-5-6(2)10(12)9-7(3)8(4)13-11-9/h5-8,10,12H,1H2,2-4H3. The fraction of sp³-hybridized carbons (Fsp3) is 0.700. The van der Waals surface area contributed by atoms with Crippen LogP contribution in [0.3, 0.4) is 0 Å². The lowest BCUT2D eigenvalue weighted by molar-refractivity contribution is 0.0799. The molecule has 0 aromatic rings. The summed E-state index contributed by atoms with van der Waals surface area (Å²) in [4.78, 5) is 5.09. The molecule has 0 amide bonds. The summed E-state index contributed by atoms with van der Waals surface area (Å²) in [5, 5.41) is 13.7. The number of nitrogens with zero attached hydrogens (tertiary/aromatic N) is 1. The molecule has 1 heterocycles. The van der Waals surface area contributed by atoms with Crippen molar-refractivity contribution in [1.82, 2.24) is 0 Å². The lowest BCUT2D eigenvalue weighted by atomic mass is 9.90. The average Bonchev–Trinajstić information content (AvgIpc) is 2.45. The first-order valence-electron chi connectivity index (χ1n) is 4.62. The Bertz CT molecular complexity index is 225. The van der Waals surface area contributed by atoms with Gasteiger partial charge in [0.15, 0.2) is 0 Å². The highest BCUT2D eigenvalue weighted by atomic mass is 16.6. The van der Waals surface area contributed by atoms with Gasteiger partial charge in [0.05, 0.1) is 5.71 Å². The van der Waals surface area contributed by atoms with E-state index < -0.39 is 6.10 Å². The minimum Gasteiger partial charge on any atom is -0.392 e. The van der Waals surface area contributed by atoms with Gasteiger partial charge in [0, 0.05) is 11.8 Å².